The normalized spacial score (nSPS) is 12.0. The van der Waals surface area contributed by atoms with Crippen molar-refractivity contribution in [3.05, 3.63) is 41.9 Å². The van der Waals surface area contributed by atoms with E-state index in [1.807, 2.05) is 26.1 Å². The average Bonchev–Trinajstić information content (AvgIpc) is 2.99. The average molecular weight is 288 g/mol. The van der Waals surface area contributed by atoms with Crippen molar-refractivity contribution < 1.29 is 4.79 Å². The summed E-state index contributed by atoms with van der Waals surface area (Å²) in [5.41, 5.74) is 3.84. The third-order valence-electron chi connectivity index (χ3n) is 3.05. The highest BCUT2D eigenvalue weighted by Gasteiger charge is 2.12. The summed E-state index contributed by atoms with van der Waals surface area (Å²) in [5, 5.41) is 7.06. The second kappa shape index (κ2) is 6.85. The van der Waals surface area contributed by atoms with Gasteiger partial charge in [0.2, 0.25) is 0 Å². The van der Waals surface area contributed by atoms with Crippen molar-refractivity contribution in [3.8, 4) is 0 Å². The van der Waals surface area contributed by atoms with Crippen molar-refractivity contribution in [1.82, 2.24) is 20.1 Å². The smallest absolute Gasteiger partial charge is 0.251 e. The Labute approximate surface area is 123 Å². The number of carbonyl (C=O) groups is 1. The van der Waals surface area contributed by atoms with Gasteiger partial charge in [0.25, 0.3) is 5.91 Å². The van der Waals surface area contributed by atoms with Gasteiger partial charge in [-0.1, -0.05) is 6.92 Å². The first kappa shape index (κ1) is 15.0. The Morgan fingerprint density at radius 2 is 2.29 bits per heavy atom. The standard InChI is InChI=1S/C14H20N6O/c1-3-12-7-11(8-13(18-12)19-15)14(21)17-10(2)9-20-6-4-5-16-20/h4-8,10H,3,9,15H2,1-2H3,(H,17,21)(H,18,19). The molecule has 21 heavy (non-hydrogen) atoms. The van der Waals surface area contributed by atoms with E-state index in [9.17, 15) is 4.79 Å². The van der Waals surface area contributed by atoms with Crippen molar-refractivity contribution in [2.24, 2.45) is 5.84 Å². The van der Waals surface area contributed by atoms with Gasteiger partial charge < -0.3 is 10.7 Å². The summed E-state index contributed by atoms with van der Waals surface area (Å²) in [6.07, 6.45) is 4.31. The number of nitrogen functional groups attached to an aromatic ring is 1. The molecule has 0 bridgehead atoms. The Kier molecular flexibility index (Phi) is 4.89. The van der Waals surface area contributed by atoms with Gasteiger partial charge in [-0.3, -0.25) is 9.48 Å². The van der Waals surface area contributed by atoms with Gasteiger partial charge in [-0.2, -0.15) is 5.10 Å². The number of aryl methyl sites for hydroxylation is 1. The summed E-state index contributed by atoms with van der Waals surface area (Å²) >= 11 is 0. The van der Waals surface area contributed by atoms with Crippen LogP contribution in [0.4, 0.5) is 5.82 Å². The maximum Gasteiger partial charge on any atom is 0.251 e. The number of anilines is 1. The van der Waals surface area contributed by atoms with Crippen LogP contribution < -0.4 is 16.6 Å². The van der Waals surface area contributed by atoms with Crippen molar-refractivity contribution in [2.45, 2.75) is 32.9 Å². The van der Waals surface area contributed by atoms with Gasteiger partial charge in [0.15, 0.2) is 0 Å². The van der Waals surface area contributed by atoms with E-state index in [1.54, 1.807) is 23.0 Å². The lowest BCUT2D eigenvalue weighted by molar-refractivity contribution is 0.0936. The predicted octanol–water partition coefficient (Wildman–Crippen LogP) is 0.945. The molecular weight excluding hydrogens is 268 g/mol. The lowest BCUT2D eigenvalue weighted by atomic mass is 10.1. The van der Waals surface area contributed by atoms with E-state index in [4.69, 9.17) is 5.84 Å². The number of nitrogens with zero attached hydrogens (tertiary/aromatic N) is 3. The molecule has 0 aliphatic carbocycles. The third kappa shape index (κ3) is 4.03. The van der Waals surface area contributed by atoms with Gasteiger partial charge in [-0.05, 0) is 31.5 Å². The molecule has 2 aromatic rings. The first-order chi connectivity index (χ1) is 10.1. The topological polar surface area (TPSA) is 97.9 Å². The van der Waals surface area contributed by atoms with E-state index < -0.39 is 0 Å². The zero-order chi connectivity index (χ0) is 15.2. The summed E-state index contributed by atoms with van der Waals surface area (Å²) < 4.78 is 1.78. The number of hydrazine groups is 1. The molecule has 7 heteroatoms. The van der Waals surface area contributed by atoms with Crippen LogP contribution in [0.5, 0.6) is 0 Å². The lowest BCUT2D eigenvalue weighted by Gasteiger charge is -2.15. The molecule has 2 rings (SSSR count). The van der Waals surface area contributed by atoms with Crippen LogP contribution in [0, 0.1) is 0 Å². The summed E-state index contributed by atoms with van der Waals surface area (Å²) in [7, 11) is 0. The van der Waals surface area contributed by atoms with Crippen LogP contribution in [0.3, 0.4) is 0 Å². The van der Waals surface area contributed by atoms with Crippen molar-refractivity contribution >= 4 is 11.7 Å². The van der Waals surface area contributed by atoms with E-state index in [0.717, 1.165) is 12.1 Å². The molecule has 4 N–H and O–H groups in total. The maximum atomic E-state index is 12.3. The number of nitrogens with one attached hydrogen (secondary N) is 2. The first-order valence-corrected chi connectivity index (χ1v) is 6.88. The molecule has 2 heterocycles. The summed E-state index contributed by atoms with van der Waals surface area (Å²) in [4.78, 5) is 16.5. The summed E-state index contributed by atoms with van der Waals surface area (Å²) in [6.45, 7) is 4.53. The fourth-order valence-corrected chi connectivity index (χ4v) is 2.02. The number of nitrogens with two attached hydrogens (primary N) is 1. The SMILES string of the molecule is CCc1cc(C(=O)NC(C)Cn2cccn2)cc(NN)n1. The first-order valence-electron chi connectivity index (χ1n) is 6.88. The van der Waals surface area contributed by atoms with E-state index in [2.05, 4.69) is 20.8 Å². The fourth-order valence-electron chi connectivity index (χ4n) is 2.02. The second-order valence-corrected chi connectivity index (χ2v) is 4.83. The molecule has 0 saturated heterocycles. The number of pyridine rings is 1. The fraction of sp³-hybridized carbons (Fsp3) is 0.357. The molecular formula is C14H20N6O. The van der Waals surface area contributed by atoms with Crippen LogP contribution in [-0.4, -0.2) is 26.7 Å². The van der Waals surface area contributed by atoms with Crippen LogP contribution in [0.25, 0.3) is 0 Å². The molecule has 1 amide bonds. The van der Waals surface area contributed by atoms with Gasteiger partial charge in [-0.25, -0.2) is 10.8 Å². The second-order valence-electron chi connectivity index (χ2n) is 4.83. The highest BCUT2D eigenvalue weighted by atomic mass is 16.1. The number of hydrogen-bond donors (Lipinski definition) is 3. The number of carbonyl (C=O) groups excluding carboxylic acids is 1. The lowest BCUT2D eigenvalue weighted by Crippen LogP contribution is -2.36. The van der Waals surface area contributed by atoms with Crippen LogP contribution in [-0.2, 0) is 13.0 Å². The van der Waals surface area contributed by atoms with Crippen molar-refractivity contribution in [1.29, 1.82) is 0 Å². The Morgan fingerprint density at radius 1 is 1.48 bits per heavy atom. The predicted molar refractivity (Wildman–Crippen MR) is 80.6 cm³/mol. The number of rotatable bonds is 6. The Balaban J connectivity index is 2.05. The summed E-state index contributed by atoms with van der Waals surface area (Å²) in [6, 6.07) is 5.22. The van der Waals surface area contributed by atoms with Crippen LogP contribution in [0.15, 0.2) is 30.6 Å². The third-order valence-corrected chi connectivity index (χ3v) is 3.05. The van der Waals surface area contributed by atoms with Crippen LogP contribution >= 0.6 is 0 Å². The molecule has 0 fully saturated rings. The molecule has 1 unspecified atom stereocenters. The molecule has 0 radical (unpaired) electrons. The van der Waals surface area contributed by atoms with Gasteiger partial charge in [0, 0.05) is 29.7 Å². The highest BCUT2D eigenvalue weighted by molar-refractivity contribution is 5.95. The zero-order valence-corrected chi connectivity index (χ0v) is 12.2. The molecule has 0 aliphatic rings. The minimum Gasteiger partial charge on any atom is -0.348 e. The molecule has 0 aliphatic heterocycles. The molecule has 1 atom stereocenters. The largest absolute Gasteiger partial charge is 0.348 e. The molecule has 0 saturated carbocycles. The number of amides is 1. The molecule has 112 valence electrons. The molecule has 7 nitrogen and oxygen atoms in total. The van der Waals surface area contributed by atoms with Gasteiger partial charge in [0.1, 0.15) is 5.82 Å². The van der Waals surface area contributed by atoms with Crippen LogP contribution in [0.1, 0.15) is 29.9 Å². The zero-order valence-electron chi connectivity index (χ0n) is 12.2. The molecule has 0 spiro atoms. The molecule has 2 aromatic heterocycles. The monoisotopic (exact) mass is 288 g/mol. The Hall–Kier alpha value is -2.41. The van der Waals surface area contributed by atoms with E-state index in [-0.39, 0.29) is 11.9 Å². The van der Waals surface area contributed by atoms with Gasteiger partial charge in [0.05, 0.1) is 6.54 Å². The van der Waals surface area contributed by atoms with Gasteiger partial charge in [-0.15, -0.1) is 0 Å². The quantitative estimate of drug-likeness (QED) is 0.543. The maximum absolute atomic E-state index is 12.3. The van der Waals surface area contributed by atoms with E-state index in [1.165, 1.54) is 0 Å². The summed E-state index contributed by atoms with van der Waals surface area (Å²) in [5.74, 6) is 5.71. The Bertz CT molecular complexity index is 573. The van der Waals surface area contributed by atoms with Crippen molar-refractivity contribution in [3.63, 3.8) is 0 Å². The van der Waals surface area contributed by atoms with E-state index >= 15 is 0 Å². The highest BCUT2D eigenvalue weighted by Crippen LogP contribution is 2.10. The van der Waals surface area contributed by atoms with E-state index in [0.29, 0.717) is 17.9 Å². The minimum absolute atomic E-state index is 0.0371. The number of hydrogen-bond acceptors (Lipinski definition) is 5. The van der Waals surface area contributed by atoms with Crippen LogP contribution in [0.2, 0.25) is 0 Å². The van der Waals surface area contributed by atoms with Crippen molar-refractivity contribution in [2.75, 3.05) is 5.43 Å². The minimum atomic E-state index is -0.150. The van der Waals surface area contributed by atoms with Gasteiger partial charge >= 0.3 is 0 Å². The number of aromatic nitrogens is 3. The molecule has 0 aromatic carbocycles. The Morgan fingerprint density at radius 3 is 2.90 bits per heavy atom.